The lowest BCUT2D eigenvalue weighted by Crippen LogP contribution is -2.54. The Morgan fingerprint density at radius 3 is 2.88 bits per heavy atom. The van der Waals surface area contributed by atoms with Gasteiger partial charge in [-0.05, 0) is 31.9 Å². The maximum Gasteiger partial charge on any atom is 0.290 e. The quantitative estimate of drug-likeness (QED) is 0.472. The molecule has 9 nitrogen and oxygen atoms in total. The highest BCUT2D eigenvalue weighted by Gasteiger charge is 2.33. The van der Waals surface area contributed by atoms with E-state index in [4.69, 9.17) is 9.90 Å². The third-order valence-corrected chi connectivity index (χ3v) is 4.34. The summed E-state index contributed by atoms with van der Waals surface area (Å²) in [6.07, 6.45) is 5.66. The first kappa shape index (κ1) is 19.4. The second-order valence-electron chi connectivity index (χ2n) is 5.99. The smallest absolute Gasteiger partial charge is 0.290 e. The van der Waals surface area contributed by atoms with E-state index in [0.29, 0.717) is 6.54 Å². The second kappa shape index (κ2) is 8.95. The summed E-state index contributed by atoms with van der Waals surface area (Å²) in [6.45, 7) is 5.53. The number of hydrogen-bond donors (Lipinski definition) is 4. The second-order valence-corrected chi connectivity index (χ2v) is 5.99. The Hall–Kier alpha value is -2.94. The van der Waals surface area contributed by atoms with Crippen LogP contribution < -0.4 is 5.32 Å². The number of hydrogen-bond acceptors (Lipinski definition) is 6. The molecule has 0 radical (unpaired) electrons. The van der Waals surface area contributed by atoms with E-state index in [-0.39, 0.29) is 24.5 Å². The standard InChI is InChI=1S/C16H21N5O2.CH2O2/c1-3-14(23)21-8-11(4-5-13(21)10(2)22)20-16-12-6-7-17-15(12)18-9-19-16;2-1-3/h3,6-7,9-11,13,22H,1,4-5,8H2,2H3,(H2,17,18,19,20);1H,(H,2,3)/t10-,11-,13+;/m1./s1. The van der Waals surface area contributed by atoms with E-state index in [2.05, 4.69) is 26.8 Å². The van der Waals surface area contributed by atoms with Crippen LogP contribution in [-0.2, 0) is 9.59 Å². The topological polar surface area (TPSA) is 131 Å². The zero-order chi connectivity index (χ0) is 19.1. The van der Waals surface area contributed by atoms with E-state index in [0.717, 1.165) is 29.7 Å². The van der Waals surface area contributed by atoms with Crippen LogP contribution in [-0.4, -0.2) is 67.2 Å². The van der Waals surface area contributed by atoms with Gasteiger partial charge in [0, 0.05) is 18.8 Å². The number of H-pyrrole nitrogens is 1. The third-order valence-electron chi connectivity index (χ3n) is 4.34. The number of carbonyl (C=O) groups is 2. The molecule has 0 unspecified atom stereocenters. The number of aromatic nitrogens is 3. The molecule has 0 saturated carbocycles. The van der Waals surface area contributed by atoms with Gasteiger partial charge in [0.25, 0.3) is 6.47 Å². The van der Waals surface area contributed by atoms with Crippen molar-refractivity contribution >= 4 is 29.2 Å². The Balaban J connectivity index is 0.000000758. The van der Waals surface area contributed by atoms with Crippen molar-refractivity contribution in [3.8, 4) is 0 Å². The Kier molecular flexibility index (Phi) is 6.67. The molecule has 1 fully saturated rings. The van der Waals surface area contributed by atoms with Gasteiger partial charge in [-0.15, -0.1) is 0 Å². The average molecular weight is 361 g/mol. The number of carboxylic acid groups (broad SMARTS) is 1. The molecule has 0 spiro atoms. The molecular weight excluding hydrogens is 338 g/mol. The fourth-order valence-corrected chi connectivity index (χ4v) is 3.16. The van der Waals surface area contributed by atoms with Crippen LogP contribution in [0.1, 0.15) is 19.8 Å². The van der Waals surface area contributed by atoms with E-state index in [9.17, 15) is 9.90 Å². The van der Waals surface area contributed by atoms with Gasteiger partial charge >= 0.3 is 0 Å². The number of aliphatic hydroxyl groups is 1. The first-order valence-corrected chi connectivity index (χ1v) is 8.25. The van der Waals surface area contributed by atoms with Crippen LogP contribution in [0.15, 0.2) is 31.2 Å². The average Bonchev–Trinajstić information content (AvgIpc) is 3.11. The number of anilines is 1. The van der Waals surface area contributed by atoms with Gasteiger partial charge < -0.3 is 25.4 Å². The van der Waals surface area contributed by atoms with Crippen molar-refractivity contribution in [3.05, 3.63) is 31.2 Å². The zero-order valence-electron chi connectivity index (χ0n) is 14.5. The van der Waals surface area contributed by atoms with Crippen molar-refractivity contribution in [2.45, 2.75) is 38.0 Å². The summed E-state index contributed by atoms with van der Waals surface area (Å²) in [5.41, 5.74) is 0.777. The summed E-state index contributed by atoms with van der Waals surface area (Å²) in [5.74, 6) is 0.597. The molecule has 3 rings (SSSR count). The lowest BCUT2D eigenvalue weighted by atomic mass is 9.94. The molecule has 1 saturated heterocycles. The first-order chi connectivity index (χ1) is 12.5. The van der Waals surface area contributed by atoms with Crippen molar-refractivity contribution < 1.29 is 19.8 Å². The number of aromatic amines is 1. The van der Waals surface area contributed by atoms with Gasteiger partial charge in [-0.25, -0.2) is 9.97 Å². The van der Waals surface area contributed by atoms with E-state index in [1.807, 2.05) is 12.3 Å². The number of aliphatic hydroxyl groups excluding tert-OH is 1. The van der Waals surface area contributed by atoms with Crippen LogP contribution in [0.3, 0.4) is 0 Å². The highest BCUT2D eigenvalue weighted by atomic mass is 16.3. The Bertz CT molecular complexity index is 760. The van der Waals surface area contributed by atoms with Crippen LogP contribution in [0.25, 0.3) is 11.0 Å². The maximum atomic E-state index is 12.1. The van der Waals surface area contributed by atoms with Crippen LogP contribution in [0, 0.1) is 0 Å². The normalized spacial score (nSPS) is 20.6. The van der Waals surface area contributed by atoms with Crippen molar-refractivity contribution in [2.24, 2.45) is 0 Å². The lowest BCUT2D eigenvalue weighted by molar-refractivity contribution is -0.132. The Morgan fingerprint density at radius 2 is 2.23 bits per heavy atom. The molecule has 9 heteroatoms. The molecule has 3 heterocycles. The van der Waals surface area contributed by atoms with Gasteiger partial charge in [-0.3, -0.25) is 9.59 Å². The maximum absolute atomic E-state index is 12.1. The van der Waals surface area contributed by atoms with Crippen molar-refractivity contribution in [1.82, 2.24) is 19.9 Å². The van der Waals surface area contributed by atoms with E-state index < -0.39 is 6.10 Å². The number of likely N-dealkylation sites (tertiary alicyclic amines) is 1. The van der Waals surface area contributed by atoms with Gasteiger partial charge in [0.15, 0.2) is 0 Å². The van der Waals surface area contributed by atoms with Crippen LogP contribution in [0.2, 0.25) is 0 Å². The number of carbonyl (C=O) groups excluding carboxylic acids is 1. The van der Waals surface area contributed by atoms with Gasteiger partial charge in [-0.1, -0.05) is 6.58 Å². The molecule has 0 bridgehead atoms. The molecule has 1 aliphatic heterocycles. The predicted molar refractivity (Wildman–Crippen MR) is 96.6 cm³/mol. The first-order valence-electron chi connectivity index (χ1n) is 8.25. The fourth-order valence-electron chi connectivity index (χ4n) is 3.16. The summed E-state index contributed by atoms with van der Waals surface area (Å²) in [4.78, 5) is 33.7. The molecule has 0 aliphatic carbocycles. The van der Waals surface area contributed by atoms with Crippen LogP contribution in [0.5, 0.6) is 0 Å². The fraction of sp³-hybridized carbons (Fsp3) is 0.412. The van der Waals surface area contributed by atoms with E-state index in [1.54, 1.807) is 11.8 Å². The largest absolute Gasteiger partial charge is 0.483 e. The molecule has 140 valence electrons. The summed E-state index contributed by atoms with van der Waals surface area (Å²) >= 11 is 0. The summed E-state index contributed by atoms with van der Waals surface area (Å²) in [7, 11) is 0. The van der Waals surface area contributed by atoms with E-state index in [1.165, 1.54) is 12.4 Å². The Morgan fingerprint density at radius 1 is 1.50 bits per heavy atom. The number of fused-ring (bicyclic) bond motifs is 1. The summed E-state index contributed by atoms with van der Waals surface area (Å²) in [6, 6.07) is 1.82. The number of nitrogens with one attached hydrogen (secondary N) is 2. The Labute approximate surface area is 150 Å². The molecule has 1 aliphatic rings. The third kappa shape index (κ3) is 4.37. The number of piperidine rings is 1. The van der Waals surface area contributed by atoms with Gasteiger partial charge in [0.2, 0.25) is 5.91 Å². The molecular formula is C17H23N5O4. The number of rotatable bonds is 4. The minimum Gasteiger partial charge on any atom is -0.483 e. The van der Waals surface area contributed by atoms with Crippen LogP contribution >= 0.6 is 0 Å². The van der Waals surface area contributed by atoms with Crippen molar-refractivity contribution in [2.75, 3.05) is 11.9 Å². The van der Waals surface area contributed by atoms with Crippen molar-refractivity contribution in [1.29, 1.82) is 0 Å². The van der Waals surface area contributed by atoms with E-state index >= 15 is 0 Å². The molecule has 2 aromatic rings. The molecule has 4 N–H and O–H groups in total. The summed E-state index contributed by atoms with van der Waals surface area (Å²) in [5, 5.41) is 21.1. The molecule has 3 atom stereocenters. The van der Waals surface area contributed by atoms with Crippen LogP contribution in [0.4, 0.5) is 5.82 Å². The minimum atomic E-state index is -0.560. The molecule has 1 amide bonds. The minimum absolute atomic E-state index is 0.0712. The highest BCUT2D eigenvalue weighted by Crippen LogP contribution is 2.25. The van der Waals surface area contributed by atoms with Gasteiger partial charge in [0.05, 0.1) is 17.5 Å². The van der Waals surface area contributed by atoms with Gasteiger partial charge in [-0.2, -0.15) is 0 Å². The molecule has 0 aromatic carbocycles. The highest BCUT2D eigenvalue weighted by molar-refractivity contribution is 5.88. The number of amides is 1. The number of nitrogens with zero attached hydrogens (tertiary/aromatic N) is 3. The lowest BCUT2D eigenvalue weighted by Gasteiger charge is -2.41. The van der Waals surface area contributed by atoms with Crippen molar-refractivity contribution in [3.63, 3.8) is 0 Å². The zero-order valence-corrected chi connectivity index (χ0v) is 14.5. The van der Waals surface area contributed by atoms with Gasteiger partial charge in [0.1, 0.15) is 17.8 Å². The SMILES string of the molecule is C=CC(=O)N1C[C@H](Nc2ncnc3[nH]ccc23)CC[C@H]1[C@@H](C)O.O=CO. The monoisotopic (exact) mass is 361 g/mol. The molecule has 26 heavy (non-hydrogen) atoms. The summed E-state index contributed by atoms with van der Waals surface area (Å²) < 4.78 is 0. The predicted octanol–water partition coefficient (Wildman–Crippen LogP) is 0.997. The molecule has 2 aromatic heterocycles.